The lowest BCUT2D eigenvalue weighted by molar-refractivity contribution is 0.0773. The molecule has 17 heavy (non-hydrogen) atoms. The molecule has 1 rings (SSSR count). The van der Waals surface area contributed by atoms with Crippen LogP contribution in [0.5, 0.6) is 0 Å². The number of nitrogens with two attached hydrogens (primary N) is 1. The zero-order chi connectivity index (χ0) is 12.8. The Kier molecular flexibility index (Phi) is 5.10. The van der Waals surface area contributed by atoms with Gasteiger partial charge in [-0.25, -0.2) is 0 Å². The highest BCUT2D eigenvalue weighted by molar-refractivity contribution is 7.80. The molecule has 0 aliphatic rings. The van der Waals surface area contributed by atoms with Crippen molar-refractivity contribution in [2.75, 3.05) is 13.1 Å². The number of thiocarbonyl (C=S) groups is 1. The fourth-order valence-electron chi connectivity index (χ4n) is 1.71. The summed E-state index contributed by atoms with van der Waals surface area (Å²) in [5, 5.41) is 0. The lowest BCUT2D eigenvalue weighted by Crippen LogP contribution is -2.30. The second-order valence-corrected chi connectivity index (χ2v) is 4.35. The molecule has 0 aliphatic carbocycles. The Hall–Kier alpha value is -1.42. The van der Waals surface area contributed by atoms with Gasteiger partial charge in [-0.3, -0.25) is 4.79 Å². The maximum absolute atomic E-state index is 12.1. The van der Waals surface area contributed by atoms with Gasteiger partial charge < -0.3 is 10.6 Å². The second kappa shape index (κ2) is 6.35. The Bertz CT molecular complexity index is 414. The first-order chi connectivity index (χ1) is 8.08. The Morgan fingerprint density at radius 1 is 1.35 bits per heavy atom. The second-order valence-electron chi connectivity index (χ2n) is 3.82. The molecule has 0 heterocycles. The molecule has 0 atom stereocenters. The average molecular weight is 250 g/mol. The highest BCUT2D eigenvalue weighted by Gasteiger charge is 2.12. The topological polar surface area (TPSA) is 46.3 Å². The van der Waals surface area contributed by atoms with Crippen LogP contribution in [0.3, 0.4) is 0 Å². The number of rotatable bonds is 5. The number of carbonyl (C=O) groups excluding carboxylic acids is 1. The smallest absolute Gasteiger partial charge is 0.253 e. The highest BCUT2D eigenvalue weighted by Crippen LogP contribution is 2.09. The molecule has 0 radical (unpaired) electrons. The minimum atomic E-state index is 0.0554. The molecule has 4 heteroatoms. The number of carbonyl (C=O) groups is 1. The van der Waals surface area contributed by atoms with E-state index in [2.05, 4.69) is 0 Å². The van der Waals surface area contributed by atoms with Gasteiger partial charge in [-0.2, -0.15) is 0 Å². The first kappa shape index (κ1) is 13.6. The molecule has 0 saturated carbocycles. The van der Waals surface area contributed by atoms with Crippen LogP contribution in [-0.2, 0) is 6.42 Å². The van der Waals surface area contributed by atoms with E-state index in [9.17, 15) is 4.79 Å². The minimum absolute atomic E-state index is 0.0554. The maximum Gasteiger partial charge on any atom is 0.253 e. The van der Waals surface area contributed by atoms with Crippen LogP contribution in [0.25, 0.3) is 0 Å². The summed E-state index contributed by atoms with van der Waals surface area (Å²) in [6, 6.07) is 7.48. The summed E-state index contributed by atoms with van der Waals surface area (Å²) in [4.78, 5) is 14.3. The van der Waals surface area contributed by atoms with Crippen molar-refractivity contribution in [3.8, 4) is 0 Å². The Labute approximate surface area is 108 Å². The molecule has 1 aromatic carbocycles. The van der Waals surface area contributed by atoms with Gasteiger partial charge >= 0.3 is 0 Å². The van der Waals surface area contributed by atoms with Gasteiger partial charge in [-0.1, -0.05) is 24.4 Å². The molecule has 2 N–H and O–H groups in total. The van der Waals surface area contributed by atoms with Crippen molar-refractivity contribution in [1.29, 1.82) is 0 Å². The molecule has 1 amide bonds. The van der Waals surface area contributed by atoms with Crippen LogP contribution in [0.2, 0.25) is 0 Å². The third kappa shape index (κ3) is 3.82. The van der Waals surface area contributed by atoms with Gasteiger partial charge in [-0.05, 0) is 31.5 Å². The van der Waals surface area contributed by atoms with Crippen LogP contribution in [0.15, 0.2) is 24.3 Å². The molecule has 0 unspecified atom stereocenters. The van der Waals surface area contributed by atoms with Crippen LogP contribution in [0.1, 0.15) is 29.8 Å². The van der Waals surface area contributed by atoms with Gasteiger partial charge in [0.05, 0.1) is 4.99 Å². The van der Waals surface area contributed by atoms with E-state index in [4.69, 9.17) is 18.0 Å². The van der Waals surface area contributed by atoms with Crippen molar-refractivity contribution >= 4 is 23.1 Å². The van der Waals surface area contributed by atoms with Gasteiger partial charge in [0.2, 0.25) is 0 Å². The summed E-state index contributed by atoms with van der Waals surface area (Å²) in [5.74, 6) is 0.0554. The molecule has 0 bridgehead atoms. The number of benzene rings is 1. The Morgan fingerprint density at radius 2 is 2.00 bits per heavy atom. The number of hydrogen-bond donors (Lipinski definition) is 1. The van der Waals surface area contributed by atoms with Crippen LogP contribution in [-0.4, -0.2) is 28.9 Å². The molecule has 3 nitrogen and oxygen atoms in total. The number of nitrogens with zero attached hydrogens (tertiary/aromatic N) is 1. The minimum Gasteiger partial charge on any atom is -0.393 e. The van der Waals surface area contributed by atoms with Crippen molar-refractivity contribution in [2.24, 2.45) is 5.73 Å². The van der Waals surface area contributed by atoms with E-state index in [1.54, 1.807) is 4.90 Å². The molecule has 0 spiro atoms. The summed E-state index contributed by atoms with van der Waals surface area (Å²) in [6.45, 7) is 5.38. The SMILES string of the molecule is CCN(CC)C(=O)c1cccc(CC(N)=S)c1. The van der Waals surface area contributed by atoms with Gasteiger partial charge in [0.15, 0.2) is 0 Å². The first-order valence-corrected chi connectivity index (χ1v) is 6.15. The maximum atomic E-state index is 12.1. The van der Waals surface area contributed by atoms with E-state index in [1.807, 2.05) is 38.1 Å². The normalized spacial score (nSPS) is 10.0. The van der Waals surface area contributed by atoms with Crippen molar-refractivity contribution in [3.05, 3.63) is 35.4 Å². The lowest BCUT2D eigenvalue weighted by atomic mass is 10.1. The van der Waals surface area contributed by atoms with E-state index in [1.165, 1.54) is 0 Å². The fraction of sp³-hybridized carbons (Fsp3) is 0.385. The van der Waals surface area contributed by atoms with E-state index in [0.29, 0.717) is 17.0 Å². The summed E-state index contributed by atoms with van der Waals surface area (Å²) in [7, 11) is 0. The zero-order valence-electron chi connectivity index (χ0n) is 10.3. The van der Waals surface area contributed by atoms with Crippen LogP contribution < -0.4 is 5.73 Å². The van der Waals surface area contributed by atoms with Crippen molar-refractivity contribution in [3.63, 3.8) is 0 Å². The largest absolute Gasteiger partial charge is 0.393 e. The summed E-state index contributed by atoms with van der Waals surface area (Å²) in [6.07, 6.45) is 0.536. The Morgan fingerprint density at radius 3 is 2.53 bits per heavy atom. The highest BCUT2D eigenvalue weighted by atomic mass is 32.1. The van der Waals surface area contributed by atoms with Crippen molar-refractivity contribution in [2.45, 2.75) is 20.3 Å². The standard InChI is InChI=1S/C13H18N2OS/c1-3-15(4-2)13(16)11-7-5-6-10(8-11)9-12(14)17/h5-8H,3-4,9H2,1-2H3,(H2,14,17). The van der Waals surface area contributed by atoms with Gasteiger partial charge in [0.25, 0.3) is 5.91 Å². The van der Waals surface area contributed by atoms with Crippen molar-refractivity contribution < 1.29 is 4.79 Å². The monoisotopic (exact) mass is 250 g/mol. The number of hydrogen-bond acceptors (Lipinski definition) is 2. The predicted molar refractivity (Wildman–Crippen MR) is 74.2 cm³/mol. The third-order valence-electron chi connectivity index (χ3n) is 2.60. The summed E-state index contributed by atoms with van der Waals surface area (Å²) in [5.41, 5.74) is 7.18. The van der Waals surface area contributed by atoms with Gasteiger partial charge in [0.1, 0.15) is 0 Å². The average Bonchev–Trinajstić information content (AvgIpc) is 2.30. The zero-order valence-corrected chi connectivity index (χ0v) is 11.1. The van der Waals surface area contributed by atoms with E-state index < -0.39 is 0 Å². The quantitative estimate of drug-likeness (QED) is 0.813. The fourth-order valence-corrected chi connectivity index (χ4v) is 1.88. The van der Waals surface area contributed by atoms with Crippen LogP contribution >= 0.6 is 12.2 Å². The van der Waals surface area contributed by atoms with Gasteiger partial charge in [-0.15, -0.1) is 0 Å². The molecule has 1 aromatic rings. The predicted octanol–water partition coefficient (Wildman–Crippen LogP) is 2.00. The molecule has 0 fully saturated rings. The Balaban J connectivity index is 2.90. The summed E-state index contributed by atoms with van der Waals surface area (Å²) >= 11 is 4.87. The lowest BCUT2D eigenvalue weighted by Gasteiger charge is -2.18. The van der Waals surface area contributed by atoms with Crippen LogP contribution in [0, 0.1) is 0 Å². The molecular weight excluding hydrogens is 232 g/mol. The first-order valence-electron chi connectivity index (χ1n) is 5.75. The molecule has 92 valence electrons. The molecule has 0 aromatic heterocycles. The van der Waals surface area contributed by atoms with Gasteiger partial charge in [0, 0.05) is 25.1 Å². The molecular formula is C13H18N2OS. The van der Waals surface area contributed by atoms with E-state index >= 15 is 0 Å². The third-order valence-corrected chi connectivity index (χ3v) is 2.75. The molecule has 0 saturated heterocycles. The van der Waals surface area contributed by atoms with Crippen molar-refractivity contribution in [1.82, 2.24) is 4.90 Å². The van der Waals surface area contributed by atoms with E-state index in [-0.39, 0.29) is 5.91 Å². The van der Waals surface area contributed by atoms with E-state index in [0.717, 1.165) is 18.7 Å². The number of amides is 1. The van der Waals surface area contributed by atoms with Crippen LogP contribution in [0.4, 0.5) is 0 Å². The summed E-state index contributed by atoms with van der Waals surface area (Å²) < 4.78 is 0. The molecule has 0 aliphatic heterocycles.